The molecule has 0 radical (unpaired) electrons. The van der Waals surface area contributed by atoms with Crippen LogP contribution >= 0.6 is 0 Å². The van der Waals surface area contributed by atoms with Crippen molar-refractivity contribution in [2.45, 2.75) is 46.1 Å². The van der Waals surface area contributed by atoms with Crippen LogP contribution in [0.1, 0.15) is 40.0 Å². The van der Waals surface area contributed by atoms with Crippen LogP contribution in [0.2, 0.25) is 0 Å². The Morgan fingerprint density at radius 3 is 2.59 bits per heavy atom. The van der Waals surface area contributed by atoms with Crippen LogP contribution in [0, 0.1) is 5.41 Å². The Labute approximate surface area is 107 Å². The molecule has 0 aromatic heterocycles. The molecule has 102 valence electrons. The SMILES string of the molecule is CCC1(CC)CCN(CCNC(C)COC)C1. The van der Waals surface area contributed by atoms with E-state index in [1.807, 2.05) is 0 Å². The van der Waals surface area contributed by atoms with E-state index >= 15 is 0 Å². The van der Waals surface area contributed by atoms with Crippen LogP contribution < -0.4 is 5.32 Å². The Kier molecular flexibility index (Phi) is 6.45. The molecule has 0 aromatic rings. The molecule has 3 nitrogen and oxygen atoms in total. The van der Waals surface area contributed by atoms with Gasteiger partial charge in [0.25, 0.3) is 0 Å². The molecule has 1 atom stereocenters. The van der Waals surface area contributed by atoms with Crippen molar-refractivity contribution in [2.24, 2.45) is 5.41 Å². The van der Waals surface area contributed by atoms with Crippen molar-refractivity contribution in [3.63, 3.8) is 0 Å². The Morgan fingerprint density at radius 1 is 1.35 bits per heavy atom. The average Bonchev–Trinajstić information content (AvgIpc) is 2.74. The fourth-order valence-corrected chi connectivity index (χ4v) is 2.82. The van der Waals surface area contributed by atoms with Gasteiger partial charge in [-0.05, 0) is 38.1 Å². The summed E-state index contributed by atoms with van der Waals surface area (Å²) in [4.78, 5) is 2.61. The van der Waals surface area contributed by atoms with Gasteiger partial charge in [0.15, 0.2) is 0 Å². The van der Waals surface area contributed by atoms with E-state index in [1.165, 1.54) is 38.9 Å². The number of methoxy groups -OCH3 is 1. The van der Waals surface area contributed by atoms with Gasteiger partial charge in [-0.25, -0.2) is 0 Å². The van der Waals surface area contributed by atoms with Crippen molar-refractivity contribution in [3.05, 3.63) is 0 Å². The molecular weight excluding hydrogens is 212 g/mol. The van der Waals surface area contributed by atoms with Gasteiger partial charge < -0.3 is 15.0 Å². The molecule has 1 aliphatic rings. The maximum Gasteiger partial charge on any atom is 0.0613 e. The van der Waals surface area contributed by atoms with Crippen molar-refractivity contribution in [1.82, 2.24) is 10.2 Å². The molecule has 1 rings (SSSR count). The highest BCUT2D eigenvalue weighted by molar-refractivity contribution is 4.88. The third-order valence-electron chi connectivity index (χ3n) is 4.35. The summed E-state index contributed by atoms with van der Waals surface area (Å²) in [7, 11) is 1.76. The van der Waals surface area contributed by atoms with Crippen LogP contribution in [0.3, 0.4) is 0 Å². The van der Waals surface area contributed by atoms with E-state index in [4.69, 9.17) is 4.74 Å². The normalized spacial score (nSPS) is 21.9. The molecule has 1 saturated heterocycles. The molecule has 1 fully saturated rings. The number of hydrogen-bond donors (Lipinski definition) is 1. The van der Waals surface area contributed by atoms with Crippen LogP contribution in [0.25, 0.3) is 0 Å². The topological polar surface area (TPSA) is 24.5 Å². The van der Waals surface area contributed by atoms with E-state index in [9.17, 15) is 0 Å². The molecule has 0 bridgehead atoms. The Morgan fingerprint density at radius 2 is 2.06 bits per heavy atom. The van der Waals surface area contributed by atoms with Crippen molar-refractivity contribution < 1.29 is 4.74 Å². The second-order valence-electron chi connectivity index (χ2n) is 5.54. The van der Waals surface area contributed by atoms with Crippen molar-refractivity contribution in [2.75, 3.05) is 39.9 Å². The maximum absolute atomic E-state index is 5.12. The number of nitrogens with one attached hydrogen (secondary N) is 1. The fourth-order valence-electron chi connectivity index (χ4n) is 2.82. The van der Waals surface area contributed by atoms with Gasteiger partial charge in [0.1, 0.15) is 0 Å². The van der Waals surface area contributed by atoms with Gasteiger partial charge in [-0.1, -0.05) is 13.8 Å². The van der Waals surface area contributed by atoms with Gasteiger partial charge in [0.05, 0.1) is 6.61 Å². The first-order valence-corrected chi connectivity index (χ1v) is 7.10. The monoisotopic (exact) mass is 242 g/mol. The molecule has 0 amide bonds. The number of hydrogen-bond acceptors (Lipinski definition) is 3. The molecule has 0 aromatic carbocycles. The number of ether oxygens (including phenoxy) is 1. The number of likely N-dealkylation sites (tertiary alicyclic amines) is 1. The molecule has 0 spiro atoms. The summed E-state index contributed by atoms with van der Waals surface area (Å²) < 4.78 is 5.12. The molecule has 1 N–H and O–H groups in total. The first-order chi connectivity index (χ1) is 8.15. The molecule has 3 heteroatoms. The van der Waals surface area contributed by atoms with Crippen LogP contribution in [-0.2, 0) is 4.74 Å². The smallest absolute Gasteiger partial charge is 0.0613 e. The highest BCUT2D eigenvalue weighted by atomic mass is 16.5. The van der Waals surface area contributed by atoms with Gasteiger partial charge in [0.2, 0.25) is 0 Å². The predicted octanol–water partition coefficient (Wildman–Crippen LogP) is 2.12. The zero-order chi connectivity index (χ0) is 12.7. The predicted molar refractivity (Wildman–Crippen MR) is 73.4 cm³/mol. The van der Waals surface area contributed by atoms with Crippen molar-refractivity contribution in [3.8, 4) is 0 Å². The largest absolute Gasteiger partial charge is 0.383 e. The highest BCUT2D eigenvalue weighted by Gasteiger charge is 2.34. The first-order valence-electron chi connectivity index (χ1n) is 7.10. The lowest BCUT2D eigenvalue weighted by Crippen LogP contribution is -2.37. The van der Waals surface area contributed by atoms with Crippen LogP contribution in [0.15, 0.2) is 0 Å². The highest BCUT2D eigenvalue weighted by Crippen LogP contribution is 2.36. The Hall–Kier alpha value is -0.120. The quantitative estimate of drug-likeness (QED) is 0.705. The molecule has 17 heavy (non-hydrogen) atoms. The van der Waals surface area contributed by atoms with Crippen LogP contribution in [0.4, 0.5) is 0 Å². The van der Waals surface area contributed by atoms with E-state index < -0.39 is 0 Å². The van der Waals surface area contributed by atoms with Gasteiger partial charge in [-0.2, -0.15) is 0 Å². The van der Waals surface area contributed by atoms with Crippen LogP contribution in [0.5, 0.6) is 0 Å². The lowest BCUT2D eigenvalue weighted by molar-refractivity contribution is 0.169. The first kappa shape index (κ1) is 14.9. The maximum atomic E-state index is 5.12. The second kappa shape index (κ2) is 7.34. The van der Waals surface area contributed by atoms with E-state index in [0.29, 0.717) is 11.5 Å². The number of rotatable bonds is 8. The Bertz CT molecular complexity index is 204. The van der Waals surface area contributed by atoms with E-state index in [0.717, 1.165) is 13.2 Å². The molecule has 1 heterocycles. The zero-order valence-corrected chi connectivity index (χ0v) is 12.1. The van der Waals surface area contributed by atoms with Crippen molar-refractivity contribution in [1.29, 1.82) is 0 Å². The van der Waals surface area contributed by atoms with Gasteiger partial charge in [-0.3, -0.25) is 0 Å². The van der Waals surface area contributed by atoms with Crippen LogP contribution in [-0.4, -0.2) is 50.8 Å². The number of nitrogens with zero attached hydrogens (tertiary/aromatic N) is 1. The third kappa shape index (κ3) is 4.57. The van der Waals surface area contributed by atoms with E-state index in [1.54, 1.807) is 7.11 Å². The zero-order valence-electron chi connectivity index (χ0n) is 12.1. The summed E-state index contributed by atoms with van der Waals surface area (Å²) in [6, 6.07) is 0.463. The minimum atomic E-state index is 0.463. The second-order valence-corrected chi connectivity index (χ2v) is 5.54. The minimum absolute atomic E-state index is 0.463. The van der Waals surface area contributed by atoms with E-state index in [2.05, 4.69) is 31.0 Å². The molecular formula is C14H30N2O. The lowest BCUT2D eigenvalue weighted by atomic mass is 9.82. The minimum Gasteiger partial charge on any atom is -0.383 e. The van der Waals surface area contributed by atoms with Crippen molar-refractivity contribution >= 4 is 0 Å². The summed E-state index contributed by atoms with van der Waals surface area (Å²) in [5.41, 5.74) is 0.609. The molecule has 0 saturated carbocycles. The summed E-state index contributed by atoms with van der Waals surface area (Å²) in [5, 5.41) is 3.51. The van der Waals surface area contributed by atoms with Gasteiger partial charge >= 0.3 is 0 Å². The van der Waals surface area contributed by atoms with E-state index in [-0.39, 0.29) is 0 Å². The average molecular weight is 242 g/mol. The standard InChI is InChI=1S/C14H30N2O/c1-5-14(6-2)7-9-16(12-14)10-8-15-13(3)11-17-4/h13,15H,5-12H2,1-4H3. The Balaban J connectivity index is 2.18. The molecule has 1 unspecified atom stereocenters. The summed E-state index contributed by atoms with van der Waals surface area (Å²) in [6.45, 7) is 12.5. The lowest BCUT2D eigenvalue weighted by Gasteiger charge is -2.26. The summed E-state index contributed by atoms with van der Waals surface area (Å²) >= 11 is 0. The molecule has 0 aliphatic carbocycles. The fraction of sp³-hybridized carbons (Fsp3) is 1.00. The summed E-state index contributed by atoms with van der Waals surface area (Å²) in [6.07, 6.45) is 4.04. The third-order valence-corrected chi connectivity index (χ3v) is 4.35. The van der Waals surface area contributed by atoms with Gasteiger partial charge in [-0.15, -0.1) is 0 Å². The summed E-state index contributed by atoms with van der Waals surface area (Å²) in [5.74, 6) is 0. The van der Waals surface area contributed by atoms with Gasteiger partial charge in [0, 0.05) is 32.8 Å². The molecule has 1 aliphatic heterocycles.